The molecule has 6 N–H and O–H groups in total. The Balaban J connectivity index is 2.22. The maximum Gasteiger partial charge on any atom is 0.397 e. The summed E-state index contributed by atoms with van der Waals surface area (Å²) in [5.74, 6) is -0.222. The zero-order valence-corrected chi connectivity index (χ0v) is 51.6. The van der Waals surface area contributed by atoms with Gasteiger partial charge < -0.3 is 35.2 Å². The maximum absolute atomic E-state index is 13.2. The minimum Gasteiger partial charge on any atom is -0.394 e. The Kier molecular flexibility index (Phi) is 52.8. The first kappa shape index (κ1) is 74.9. The first-order chi connectivity index (χ1) is 38.0. The summed E-state index contributed by atoms with van der Waals surface area (Å²) in [6.07, 6.45) is 59.6. The monoisotopic (exact) mass is 1130 g/mol. The van der Waals surface area contributed by atoms with Crippen LogP contribution in [0.2, 0.25) is 0 Å². The van der Waals surface area contributed by atoms with E-state index in [9.17, 15) is 38.2 Å². The molecule has 7 atom stereocenters. The predicted molar refractivity (Wildman–Crippen MR) is 324 cm³/mol. The molecule has 0 aromatic rings. The third-order valence-electron chi connectivity index (χ3n) is 16.3. The molecule has 1 saturated heterocycles. The second-order valence-electron chi connectivity index (χ2n) is 23.8. The van der Waals surface area contributed by atoms with Gasteiger partial charge in [-0.3, -0.25) is 9.35 Å². The Morgan fingerprint density at radius 1 is 0.500 bits per heavy atom. The first-order valence-corrected chi connectivity index (χ1v) is 34.9. The summed E-state index contributed by atoms with van der Waals surface area (Å²) < 4.78 is 48.0. The zero-order valence-electron chi connectivity index (χ0n) is 50.8. The Morgan fingerprint density at radius 3 is 1.15 bits per heavy atom. The number of hydrogen-bond acceptors (Lipinski definition) is 10. The fourth-order valence-electron chi connectivity index (χ4n) is 11.2. The number of rotatable bonds is 60. The number of aliphatic hydroxyl groups excluding tert-OH is 4. The molecule has 0 aromatic heterocycles. The quantitative estimate of drug-likeness (QED) is 0.0193. The molecular weight excluding hydrogens is 1000 g/mol. The molecule has 13 heteroatoms. The van der Waals surface area contributed by atoms with Crippen LogP contribution in [-0.4, -0.2) is 95.4 Å². The van der Waals surface area contributed by atoms with Gasteiger partial charge in [0, 0.05) is 6.42 Å². The highest BCUT2D eigenvalue weighted by Gasteiger charge is 2.48. The Labute approximate surface area is 480 Å². The van der Waals surface area contributed by atoms with E-state index < -0.39 is 59.9 Å². The van der Waals surface area contributed by atoms with Gasteiger partial charge in [0.25, 0.3) is 0 Å². The maximum atomic E-state index is 13.2. The SMILES string of the molecule is CCCCCCCCCCCCCC/C=C\CCCCCCCCCCCCCCCCCCC(=O)NC(COC1OC(CO)C(O)C(OS(=O)(=O)O)C1O)C(O)CCCCCCCCCCCCCCCCCCCCC. The molecule has 0 bridgehead atoms. The Bertz CT molecular complexity index is 1420. The van der Waals surface area contributed by atoms with Gasteiger partial charge in [-0.25, -0.2) is 4.18 Å². The number of aliphatic hydroxyl groups is 4. The summed E-state index contributed by atoms with van der Waals surface area (Å²) in [5.41, 5.74) is 0. The molecule has 78 heavy (non-hydrogen) atoms. The van der Waals surface area contributed by atoms with E-state index in [2.05, 4.69) is 35.5 Å². The van der Waals surface area contributed by atoms with Gasteiger partial charge in [-0.1, -0.05) is 309 Å². The fraction of sp³-hybridized carbons (Fsp3) is 0.954. The molecule has 1 aliphatic rings. The Morgan fingerprint density at radius 2 is 0.821 bits per heavy atom. The average Bonchev–Trinajstić information content (AvgIpc) is 3.42. The van der Waals surface area contributed by atoms with E-state index in [-0.39, 0.29) is 12.5 Å². The van der Waals surface area contributed by atoms with Crippen molar-refractivity contribution in [3.8, 4) is 0 Å². The molecule has 0 radical (unpaired) electrons. The van der Waals surface area contributed by atoms with Crippen LogP contribution in [0.25, 0.3) is 0 Å². The highest BCUT2D eigenvalue weighted by molar-refractivity contribution is 7.80. The molecule has 12 nitrogen and oxygen atoms in total. The first-order valence-electron chi connectivity index (χ1n) is 33.6. The lowest BCUT2D eigenvalue weighted by Gasteiger charge is -2.41. The number of carbonyl (C=O) groups is 1. The molecule has 1 heterocycles. The molecule has 1 fully saturated rings. The van der Waals surface area contributed by atoms with Gasteiger partial charge in [-0.15, -0.1) is 0 Å². The lowest BCUT2D eigenvalue weighted by atomic mass is 9.99. The van der Waals surface area contributed by atoms with E-state index in [1.165, 1.54) is 263 Å². The minimum atomic E-state index is -5.08. The number of ether oxygens (including phenoxy) is 2. The Hall–Kier alpha value is -1.16. The number of allylic oxidation sites excluding steroid dienone is 2. The van der Waals surface area contributed by atoms with Crippen LogP contribution in [0.4, 0.5) is 0 Å². The van der Waals surface area contributed by atoms with Crippen molar-refractivity contribution in [2.45, 2.75) is 384 Å². The van der Waals surface area contributed by atoms with Gasteiger partial charge in [0.15, 0.2) is 6.29 Å². The van der Waals surface area contributed by atoms with E-state index in [1.807, 2.05) is 0 Å². The van der Waals surface area contributed by atoms with Crippen molar-refractivity contribution in [2.24, 2.45) is 0 Å². The van der Waals surface area contributed by atoms with Gasteiger partial charge in [0.2, 0.25) is 5.91 Å². The second-order valence-corrected chi connectivity index (χ2v) is 24.8. The van der Waals surface area contributed by atoms with E-state index in [4.69, 9.17) is 9.47 Å². The van der Waals surface area contributed by atoms with Crippen LogP contribution in [0.1, 0.15) is 341 Å². The van der Waals surface area contributed by atoms with Crippen molar-refractivity contribution in [1.29, 1.82) is 0 Å². The van der Waals surface area contributed by atoms with Crippen molar-refractivity contribution in [1.82, 2.24) is 5.32 Å². The lowest BCUT2D eigenvalue weighted by Crippen LogP contribution is -2.61. The summed E-state index contributed by atoms with van der Waals surface area (Å²) in [6, 6.07) is -0.856. The summed E-state index contributed by atoms with van der Waals surface area (Å²) >= 11 is 0. The molecule has 0 spiro atoms. The van der Waals surface area contributed by atoms with Crippen LogP contribution >= 0.6 is 0 Å². The highest BCUT2D eigenvalue weighted by atomic mass is 32.3. The van der Waals surface area contributed by atoms with E-state index >= 15 is 0 Å². The molecule has 0 saturated carbocycles. The van der Waals surface area contributed by atoms with Crippen molar-refractivity contribution in [3.63, 3.8) is 0 Å². The predicted octanol–water partition coefficient (Wildman–Crippen LogP) is 17.0. The van der Waals surface area contributed by atoms with Crippen LogP contribution in [0.5, 0.6) is 0 Å². The van der Waals surface area contributed by atoms with Crippen LogP contribution in [-0.2, 0) is 28.9 Å². The van der Waals surface area contributed by atoms with Crippen molar-refractivity contribution in [3.05, 3.63) is 12.2 Å². The molecule has 464 valence electrons. The minimum absolute atomic E-state index is 0.222. The largest absolute Gasteiger partial charge is 0.397 e. The molecule has 0 aliphatic carbocycles. The van der Waals surface area contributed by atoms with Crippen LogP contribution in [0.3, 0.4) is 0 Å². The highest BCUT2D eigenvalue weighted by Crippen LogP contribution is 2.27. The van der Waals surface area contributed by atoms with Gasteiger partial charge in [0.1, 0.15) is 24.4 Å². The van der Waals surface area contributed by atoms with Crippen LogP contribution in [0, 0.1) is 0 Å². The summed E-state index contributed by atoms with van der Waals surface area (Å²) in [7, 11) is -5.08. The van der Waals surface area contributed by atoms with Gasteiger partial charge in [-0.05, 0) is 38.5 Å². The van der Waals surface area contributed by atoms with Crippen LogP contribution < -0.4 is 5.32 Å². The van der Waals surface area contributed by atoms with Crippen molar-refractivity contribution < 1.29 is 51.8 Å². The number of unbranched alkanes of at least 4 members (excludes halogenated alkanes) is 46. The topological polar surface area (TPSA) is 192 Å². The van der Waals surface area contributed by atoms with Gasteiger partial charge in [-0.2, -0.15) is 8.42 Å². The van der Waals surface area contributed by atoms with Crippen molar-refractivity contribution in [2.75, 3.05) is 13.2 Å². The number of hydrogen-bond donors (Lipinski definition) is 6. The summed E-state index contributed by atoms with van der Waals surface area (Å²) in [6.45, 7) is 3.52. The molecule has 1 amide bonds. The second kappa shape index (κ2) is 55.1. The van der Waals surface area contributed by atoms with Crippen molar-refractivity contribution >= 4 is 16.3 Å². The van der Waals surface area contributed by atoms with Crippen LogP contribution in [0.15, 0.2) is 12.2 Å². The fourth-order valence-corrected chi connectivity index (χ4v) is 11.7. The lowest BCUT2D eigenvalue weighted by molar-refractivity contribution is -0.298. The normalized spacial score (nSPS) is 18.8. The standard InChI is InChI=1S/C65H127NO11S/c1-3-5-7-9-11-13-15-17-19-21-23-24-25-26-27-28-29-30-31-32-33-34-35-37-39-41-43-45-47-49-51-53-55-61(69)66-58(57-75-65-63(71)64(77-78(72,73)74)62(70)60(56-67)76-65)59(68)54-52-50-48-46-44-42-40-38-36-22-20-18-16-14-12-10-8-6-4-2/h26-27,58-60,62-65,67-68,70-71H,3-25,28-57H2,1-2H3,(H,66,69)(H,72,73,74)/b27-26-. The third kappa shape index (κ3) is 46.3. The van der Waals surface area contributed by atoms with Gasteiger partial charge >= 0.3 is 10.4 Å². The van der Waals surface area contributed by atoms with E-state index in [0.29, 0.717) is 12.8 Å². The molecule has 0 aromatic carbocycles. The smallest absolute Gasteiger partial charge is 0.394 e. The van der Waals surface area contributed by atoms with Gasteiger partial charge in [0.05, 0.1) is 25.4 Å². The summed E-state index contributed by atoms with van der Waals surface area (Å²) in [5, 5.41) is 45.3. The molecular formula is C65H127NO11S. The molecule has 1 aliphatic heterocycles. The van der Waals surface area contributed by atoms with E-state index in [0.717, 1.165) is 51.4 Å². The number of amides is 1. The number of nitrogens with one attached hydrogen (secondary N) is 1. The average molecular weight is 1130 g/mol. The molecule has 7 unspecified atom stereocenters. The molecule has 1 rings (SSSR count). The van der Waals surface area contributed by atoms with E-state index in [1.54, 1.807) is 0 Å². The third-order valence-corrected chi connectivity index (χ3v) is 16.8. The zero-order chi connectivity index (χ0) is 56.8. The number of carbonyl (C=O) groups excluding carboxylic acids is 1. The summed E-state index contributed by atoms with van der Waals surface area (Å²) in [4.78, 5) is 13.2.